The van der Waals surface area contributed by atoms with Gasteiger partial charge >= 0.3 is 0 Å². The topological polar surface area (TPSA) is 38.3 Å². The van der Waals surface area contributed by atoms with Crippen LogP contribution in [0.15, 0.2) is 15.9 Å². The highest BCUT2D eigenvalue weighted by atomic mass is 79.9. The summed E-state index contributed by atoms with van der Waals surface area (Å²) in [5.74, 6) is 0.158. The Morgan fingerprint density at radius 1 is 1.73 bits per heavy atom. The number of amides is 1. The molecule has 1 aliphatic rings. The Morgan fingerprint density at radius 2 is 2.60 bits per heavy atom. The Bertz CT molecular complexity index is 347. The maximum Gasteiger partial charge on any atom is 0.225 e. The summed E-state index contributed by atoms with van der Waals surface area (Å²) in [5.41, 5.74) is 0. The van der Waals surface area contributed by atoms with Crippen molar-refractivity contribution in [1.29, 1.82) is 0 Å². The normalized spacial score (nSPS) is 20.5. The quantitative estimate of drug-likeness (QED) is 0.926. The smallest absolute Gasteiger partial charge is 0.225 e. The van der Waals surface area contributed by atoms with Gasteiger partial charge in [0.2, 0.25) is 5.91 Å². The third-order valence-corrected chi connectivity index (χ3v) is 4.06. The van der Waals surface area contributed by atoms with E-state index in [1.54, 1.807) is 11.3 Å². The van der Waals surface area contributed by atoms with Crippen molar-refractivity contribution in [3.8, 4) is 0 Å². The Labute approximate surface area is 101 Å². The van der Waals surface area contributed by atoms with Crippen LogP contribution in [0.3, 0.4) is 0 Å². The third kappa shape index (κ3) is 3.03. The molecule has 2 heterocycles. The Morgan fingerprint density at radius 3 is 3.20 bits per heavy atom. The summed E-state index contributed by atoms with van der Waals surface area (Å²) in [7, 11) is 0. The predicted octanol–water partition coefficient (Wildman–Crippen LogP) is 2.16. The number of carbonyl (C=O) groups excluding carboxylic acids is 1. The summed E-state index contributed by atoms with van der Waals surface area (Å²) in [6.07, 6.45) is 0.847. The Kier molecular flexibility index (Phi) is 3.77. The fourth-order valence-corrected chi connectivity index (χ4v) is 2.90. The molecule has 3 nitrogen and oxygen atoms in total. The van der Waals surface area contributed by atoms with Crippen LogP contribution in [0.4, 0.5) is 0 Å². The second kappa shape index (κ2) is 5.09. The van der Waals surface area contributed by atoms with E-state index >= 15 is 0 Å². The minimum Gasteiger partial charge on any atom is -0.381 e. The van der Waals surface area contributed by atoms with Gasteiger partial charge in [0.15, 0.2) is 0 Å². The van der Waals surface area contributed by atoms with Crippen molar-refractivity contribution >= 4 is 33.2 Å². The van der Waals surface area contributed by atoms with Gasteiger partial charge in [-0.2, -0.15) is 0 Å². The molecule has 1 saturated heterocycles. The molecule has 1 aromatic heterocycles. The fraction of sp³-hybridized carbons (Fsp3) is 0.500. The van der Waals surface area contributed by atoms with Crippen LogP contribution >= 0.6 is 27.3 Å². The number of thiophene rings is 1. The molecule has 5 heteroatoms. The van der Waals surface area contributed by atoms with Gasteiger partial charge in [0.1, 0.15) is 0 Å². The molecule has 1 amide bonds. The molecule has 1 aliphatic heterocycles. The monoisotopic (exact) mass is 289 g/mol. The van der Waals surface area contributed by atoms with E-state index in [0.29, 0.717) is 19.8 Å². The first kappa shape index (κ1) is 11.1. The van der Waals surface area contributed by atoms with Crippen molar-refractivity contribution in [2.45, 2.75) is 13.0 Å². The molecule has 15 heavy (non-hydrogen) atoms. The lowest BCUT2D eigenvalue weighted by Crippen LogP contribution is -2.30. The lowest BCUT2D eigenvalue weighted by Gasteiger charge is -2.07. The van der Waals surface area contributed by atoms with Gasteiger partial charge in [-0.1, -0.05) is 0 Å². The molecule has 1 atom stereocenters. The highest BCUT2D eigenvalue weighted by Gasteiger charge is 2.22. The number of carbonyl (C=O) groups is 1. The number of halogens is 1. The van der Waals surface area contributed by atoms with Gasteiger partial charge in [0.05, 0.1) is 19.1 Å². The van der Waals surface area contributed by atoms with Crippen molar-refractivity contribution in [2.75, 3.05) is 13.2 Å². The Balaban J connectivity index is 1.80. The van der Waals surface area contributed by atoms with Crippen LogP contribution in [0.2, 0.25) is 0 Å². The minimum absolute atomic E-state index is 0.0494. The van der Waals surface area contributed by atoms with Crippen LogP contribution < -0.4 is 5.32 Å². The summed E-state index contributed by atoms with van der Waals surface area (Å²) in [5, 5.41) is 4.94. The average Bonchev–Trinajstić information content (AvgIpc) is 2.84. The van der Waals surface area contributed by atoms with Crippen LogP contribution in [0.25, 0.3) is 0 Å². The summed E-state index contributed by atoms with van der Waals surface area (Å²) in [6.45, 7) is 1.90. The summed E-state index contributed by atoms with van der Waals surface area (Å²) in [4.78, 5) is 12.8. The summed E-state index contributed by atoms with van der Waals surface area (Å²) in [6, 6.07) is 2.02. The van der Waals surface area contributed by atoms with Gasteiger partial charge in [-0.3, -0.25) is 4.79 Å². The van der Waals surface area contributed by atoms with Gasteiger partial charge in [-0.25, -0.2) is 0 Å². The van der Waals surface area contributed by atoms with Crippen LogP contribution in [0.5, 0.6) is 0 Å². The largest absolute Gasteiger partial charge is 0.381 e. The molecule has 0 saturated carbocycles. The van der Waals surface area contributed by atoms with Crippen molar-refractivity contribution < 1.29 is 9.53 Å². The molecule has 1 fully saturated rings. The molecule has 1 unspecified atom stereocenters. The molecule has 1 aromatic rings. The zero-order valence-electron chi connectivity index (χ0n) is 8.16. The molecule has 0 radical (unpaired) electrons. The molecular formula is C10H12BrNO2S. The fourth-order valence-electron chi connectivity index (χ4n) is 1.51. The van der Waals surface area contributed by atoms with E-state index < -0.39 is 0 Å². The molecular weight excluding hydrogens is 278 g/mol. The lowest BCUT2D eigenvalue weighted by molar-refractivity contribution is -0.125. The van der Waals surface area contributed by atoms with Crippen molar-refractivity contribution in [1.82, 2.24) is 5.32 Å². The maximum absolute atomic E-state index is 11.6. The number of nitrogens with one attached hydrogen (secondary N) is 1. The maximum atomic E-state index is 11.6. The van der Waals surface area contributed by atoms with E-state index in [1.165, 1.54) is 0 Å². The van der Waals surface area contributed by atoms with E-state index in [1.807, 2.05) is 11.4 Å². The molecule has 2 rings (SSSR count). The zero-order valence-corrected chi connectivity index (χ0v) is 10.6. The number of hydrogen-bond acceptors (Lipinski definition) is 3. The Hall–Kier alpha value is -0.390. The first-order valence-electron chi connectivity index (χ1n) is 4.84. The van der Waals surface area contributed by atoms with Crippen molar-refractivity contribution in [3.05, 3.63) is 20.8 Å². The summed E-state index contributed by atoms with van der Waals surface area (Å²) < 4.78 is 6.24. The van der Waals surface area contributed by atoms with Gasteiger partial charge < -0.3 is 10.1 Å². The molecule has 1 N–H and O–H groups in total. The first-order chi connectivity index (χ1) is 7.25. The highest BCUT2D eigenvalue weighted by molar-refractivity contribution is 9.10. The van der Waals surface area contributed by atoms with Crippen LogP contribution in [0.1, 0.15) is 11.3 Å². The first-order valence-corrected chi connectivity index (χ1v) is 6.51. The van der Waals surface area contributed by atoms with Gasteiger partial charge in [-0.15, -0.1) is 11.3 Å². The van der Waals surface area contributed by atoms with E-state index in [2.05, 4.69) is 21.2 Å². The van der Waals surface area contributed by atoms with Crippen LogP contribution in [-0.4, -0.2) is 19.1 Å². The number of hydrogen-bond donors (Lipinski definition) is 1. The van der Waals surface area contributed by atoms with Crippen molar-refractivity contribution in [3.63, 3.8) is 0 Å². The SMILES string of the molecule is O=C(NCc1cc(Br)cs1)C1CCOC1. The van der Waals surface area contributed by atoms with E-state index in [0.717, 1.165) is 15.8 Å². The van der Waals surface area contributed by atoms with Gasteiger partial charge in [0, 0.05) is 21.3 Å². The number of rotatable bonds is 3. The van der Waals surface area contributed by atoms with Crippen LogP contribution in [0, 0.1) is 5.92 Å². The highest BCUT2D eigenvalue weighted by Crippen LogP contribution is 2.19. The van der Waals surface area contributed by atoms with E-state index in [4.69, 9.17) is 4.74 Å². The molecule has 0 aromatic carbocycles. The molecule has 0 spiro atoms. The molecule has 82 valence electrons. The second-order valence-corrected chi connectivity index (χ2v) is 5.42. The average molecular weight is 290 g/mol. The molecule has 0 aliphatic carbocycles. The predicted molar refractivity (Wildman–Crippen MR) is 62.8 cm³/mol. The van der Waals surface area contributed by atoms with E-state index in [9.17, 15) is 4.79 Å². The molecule has 0 bridgehead atoms. The van der Waals surface area contributed by atoms with Crippen molar-refractivity contribution in [2.24, 2.45) is 5.92 Å². The third-order valence-electron chi connectivity index (χ3n) is 2.36. The lowest BCUT2D eigenvalue weighted by atomic mass is 10.1. The minimum atomic E-state index is 0.0494. The summed E-state index contributed by atoms with van der Waals surface area (Å²) >= 11 is 5.02. The number of ether oxygens (including phenoxy) is 1. The van der Waals surface area contributed by atoms with Gasteiger partial charge in [0.25, 0.3) is 0 Å². The second-order valence-electron chi connectivity index (χ2n) is 3.51. The van der Waals surface area contributed by atoms with Gasteiger partial charge in [-0.05, 0) is 28.4 Å². The standard InChI is InChI=1S/C10H12BrNO2S/c11-8-3-9(15-6-8)4-12-10(13)7-1-2-14-5-7/h3,6-7H,1-2,4-5H2,(H,12,13). The van der Waals surface area contributed by atoms with E-state index in [-0.39, 0.29) is 11.8 Å². The van der Waals surface area contributed by atoms with Crippen LogP contribution in [-0.2, 0) is 16.1 Å². The zero-order chi connectivity index (χ0) is 10.7.